The number of hydrogen-bond acceptors (Lipinski definition) is 5. The van der Waals surface area contributed by atoms with Gasteiger partial charge in [0.1, 0.15) is 0 Å². The molecule has 1 heterocycles. The van der Waals surface area contributed by atoms with Crippen molar-refractivity contribution in [3.8, 4) is 0 Å². The summed E-state index contributed by atoms with van der Waals surface area (Å²) in [6.45, 7) is 9.43. The average Bonchev–Trinajstić information content (AvgIpc) is 2.74. The van der Waals surface area contributed by atoms with Crippen molar-refractivity contribution in [2.75, 3.05) is 31.2 Å². The Bertz CT molecular complexity index is 301. The zero-order valence-corrected chi connectivity index (χ0v) is 11.1. The van der Waals surface area contributed by atoms with Gasteiger partial charge in [-0.25, -0.2) is 4.98 Å². The third-order valence-corrected chi connectivity index (χ3v) is 3.26. The topological polar surface area (TPSA) is 51.4 Å². The first-order valence-corrected chi connectivity index (χ1v) is 6.60. The fourth-order valence-electron chi connectivity index (χ4n) is 1.34. The lowest BCUT2D eigenvalue weighted by Crippen LogP contribution is -2.27. The van der Waals surface area contributed by atoms with Crippen molar-refractivity contribution in [3.05, 3.63) is 11.1 Å². The van der Waals surface area contributed by atoms with E-state index < -0.39 is 0 Å². The molecule has 0 aliphatic rings. The van der Waals surface area contributed by atoms with Crippen LogP contribution in [0.4, 0.5) is 5.13 Å². The van der Waals surface area contributed by atoms with Crippen LogP contribution >= 0.6 is 11.3 Å². The molecule has 16 heavy (non-hydrogen) atoms. The number of thiazole rings is 1. The highest BCUT2D eigenvalue weighted by atomic mass is 32.1. The first-order chi connectivity index (χ1) is 7.69. The summed E-state index contributed by atoms with van der Waals surface area (Å²) in [6.07, 6.45) is 0. The number of hydrogen-bond donors (Lipinski definition) is 1. The van der Waals surface area contributed by atoms with E-state index in [1.165, 1.54) is 0 Å². The molecule has 1 rings (SSSR count). The van der Waals surface area contributed by atoms with Crippen LogP contribution in [0.2, 0.25) is 0 Å². The van der Waals surface area contributed by atoms with Crippen LogP contribution in [0.5, 0.6) is 0 Å². The molecule has 1 unspecified atom stereocenters. The van der Waals surface area contributed by atoms with E-state index in [0.717, 1.165) is 37.1 Å². The van der Waals surface area contributed by atoms with Crippen LogP contribution in [0.1, 0.15) is 32.5 Å². The lowest BCUT2D eigenvalue weighted by atomic mass is 10.3. The lowest BCUT2D eigenvalue weighted by molar-refractivity contribution is 0.154. The molecule has 5 heteroatoms. The molecule has 0 aliphatic carbocycles. The van der Waals surface area contributed by atoms with Crippen molar-refractivity contribution >= 4 is 16.5 Å². The average molecular weight is 243 g/mol. The second-order valence-electron chi connectivity index (χ2n) is 3.62. The van der Waals surface area contributed by atoms with Crippen LogP contribution in [-0.4, -0.2) is 31.3 Å². The number of likely N-dealkylation sites (N-methyl/N-ethyl adjacent to an activating group) is 1. The molecule has 0 aliphatic heterocycles. The summed E-state index contributed by atoms with van der Waals surface area (Å²) < 4.78 is 5.35. The lowest BCUT2D eigenvalue weighted by Gasteiger charge is -2.19. The summed E-state index contributed by atoms with van der Waals surface area (Å²) in [6, 6.07) is 0.00981. The van der Waals surface area contributed by atoms with Crippen molar-refractivity contribution < 1.29 is 4.74 Å². The number of aromatic nitrogens is 1. The molecule has 4 nitrogen and oxygen atoms in total. The smallest absolute Gasteiger partial charge is 0.185 e. The maximum atomic E-state index is 5.79. The summed E-state index contributed by atoms with van der Waals surface area (Å²) >= 11 is 1.65. The molecule has 0 saturated heterocycles. The number of anilines is 1. The van der Waals surface area contributed by atoms with Crippen LogP contribution in [0, 0.1) is 0 Å². The van der Waals surface area contributed by atoms with Crippen molar-refractivity contribution in [2.24, 2.45) is 5.73 Å². The van der Waals surface area contributed by atoms with E-state index in [1.807, 2.05) is 19.2 Å². The Morgan fingerprint density at radius 2 is 2.31 bits per heavy atom. The molecule has 1 aromatic heterocycles. The molecule has 2 N–H and O–H groups in total. The van der Waals surface area contributed by atoms with Crippen LogP contribution in [0.15, 0.2) is 5.38 Å². The maximum Gasteiger partial charge on any atom is 0.185 e. The molecule has 0 bridgehead atoms. The van der Waals surface area contributed by atoms with Gasteiger partial charge in [-0.05, 0) is 20.8 Å². The first-order valence-electron chi connectivity index (χ1n) is 5.72. The van der Waals surface area contributed by atoms with E-state index in [-0.39, 0.29) is 6.04 Å². The minimum absolute atomic E-state index is 0.00981. The van der Waals surface area contributed by atoms with Gasteiger partial charge >= 0.3 is 0 Å². The summed E-state index contributed by atoms with van der Waals surface area (Å²) in [5.41, 5.74) is 6.76. The van der Waals surface area contributed by atoms with E-state index in [0.29, 0.717) is 0 Å². The largest absolute Gasteiger partial charge is 0.380 e. The minimum atomic E-state index is 0.00981. The molecule has 0 amide bonds. The van der Waals surface area contributed by atoms with Gasteiger partial charge < -0.3 is 15.4 Å². The van der Waals surface area contributed by atoms with Gasteiger partial charge in [0.2, 0.25) is 0 Å². The van der Waals surface area contributed by atoms with E-state index in [9.17, 15) is 0 Å². The Hall–Kier alpha value is -0.650. The zero-order valence-electron chi connectivity index (χ0n) is 10.3. The Morgan fingerprint density at radius 3 is 2.81 bits per heavy atom. The molecule has 0 radical (unpaired) electrons. The SMILES string of the molecule is CCOCCN(CC)c1nc(C(C)N)cs1. The first kappa shape index (κ1) is 13.4. The fourth-order valence-corrected chi connectivity index (χ4v) is 2.36. The normalized spacial score (nSPS) is 12.8. The van der Waals surface area contributed by atoms with Crippen molar-refractivity contribution in [3.63, 3.8) is 0 Å². The predicted molar refractivity (Wildman–Crippen MR) is 69.1 cm³/mol. The minimum Gasteiger partial charge on any atom is -0.380 e. The van der Waals surface area contributed by atoms with Gasteiger partial charge in [0.05, 0.1) is 12.3 Å². The molecule has 92 valence electrons. The molecule has 1 aromatic rings. The molecule has 0 fully saturated rings. The molecule has 1 atom stereocenters. The van der Waals surface area contributed by atoms with Crippen LogP contribution in [-0.2, 0) is 4.74 Å². The molecule has 0 spiro atoms. The van der Waals surface area contributed by atoms with Crippen molar-refractivity contribution in [1.29, 1.82) is 0 Å². The van der Waals surface area contributed by atoms with E-state index in [2.05, 4.69) is 16.8 Å². The van der Waals surface area contributed by atoms with Crippen LogP contribution < -0.4 is 10.6 Å². The molecular formula is C11H21N3OS. The number of ether oxygens (including phenoxy) is 1. The van der Waals surface area contributed by atoms with Gasteiger partial charge in [-0.3, -0.25) is 0 Å². The van der Waals surface area contributed by atoms with E-state index in [4.69, 9.17) is 10.5 Å². The Morgan fingerprint density at radius 1 is 1.56 bits per heavy atom. The van der Waals surface area contributed by atoms with Crippen LogP contribution in [0.3, 0.4) is 0 Å². The summed E-state index contributed by atoms with van der Waals surface area (Å²) in [5, 5.41) is 3.07. The quantitative estimate of drug-likeness (QED) is 0.744. The van der Waals surface area contributed by atoms with E-state index in [1.54, 1.807) is 11.3 Å². The second kappa shape index (κ2) is 6.83. The third kappa shape index (κ3) is 3.73. The molecule has 0 aromatic carbocycles. The predicted octanol–water partition coefficient (Wildman–Crippen LogP) is 2.03. The van der Waals surface area contributed by atoms with Gasteiger partial charge in [0, 0.05) is 31.1 Å². The highest BCUT2D eigenvalue weighted by Crippen LogP contribution is 2.22. The summed E-state index contributed by atoms with van der Waals surface area (Å²) in [5.74, 6) is 0. The third-order valence-electron chi connectivity index (χ3n) is 2.34. The van der Waals surface area contributed by atoms with Crippen molar-refractivity contribution in [2.45, 2.75) is 26.8 Å². The van der Waals surface area contributed by atoms with Crippen LogP contribution in [0.25, 0.3) is 0 Å². The van der Waals surface area contributed by atoms with Gasteiger partial charge in [0.15, 0.2) is 5.13 Å². The summed E-state index contributed by atoms with van der Waals surface area (Å²) in [7, 11) is 0. The number of rotatable bonds is 7. The van der Waals surface area contributed by atoms with Crippen molar-refractivity contribution in [1.82, 2.24) is 4.98 Å². The summed E-state index contributed by atoms with van der Waals surface area (Å²) in [4.78, 5) is 6.74. The monoisotopic (exact) mass is 243 g/mol. The molecule has 0 saturated carbocycles. The zero-order chi connectivity index (χ0) is 12.0. The molecular weight excluding hydrogens is 222 g/mol. The van der Waals surface area contributed by atoms with Gasteiger partial charge in [0.25, 0.3) is 0 Å². The van der Waals surface area contributed by atoms with Gasteiger partial charge in [-0.1, -0.05) is 0 Å². The van der Waals surface area contributed by atoms with E-state index >= 15 is 0 Å². The second-order valence-corrected chi connectivity index (χ2v) is 4.46. The fraction of sp³-hybridized carbons (Fsp3) is 0.727. The standard InChI is InChI=1S/C11H21N3OS/c1-4-14(6-7-15-5-2)11-13-10(8-16-11)9(3)12/h8-9H,4-7,12H2,1-3H3. The number of nitrogens with zero attached hydrogens (tertiary/aromatic N) is 2. The maximum absolute atomic E-state index is 5.79. The highest BCUT2D eigenvalue weighted by molar-refractivity contribution is 7.13. The Kier molecular flexibility index (Phi) is 5.73. The highest BCUT2D eigenvalue weighted by Gasteiger charge is 2.11. The van der Waals surface area contributed by atoms with Gasteiger partial charge in [-0.15, -0.1) is 11.3 Å². The Labute approximate surface area is 101 Å². The van der Waals surface area contributed by atoms with Gasteiger partial charge in [-0.2, -0.15) is 0 Å². The Balaban J connectivity index is 2.56. The number of nitrogens with two attached hydrogens (primary N) is 1.